The van der Waals surface area contributed by atoms with E-state index in [9.17, 15) is 0 Å². The highest BCUT2D eigenvalue weighted by molar-refractivity contribution is 14.0. The molecule has 0 aromatic carbocycles. The molecule has 1 fully saturated rings. The molecule has 6 heteroatoms. The van der Waals surface area contributed by atoms with Gasteiger partial charge in [-0.1, -0.05) is 6.92 Å². The topological polar surface area (TPSA) is 39.7 Å². The summed E-state index contributed by atoms with van der Waals surface area (Å²) in [6, 6.07) is 2.14. The number of rotatable bonds is 6. The zero-order valence-corrected chi connectivity index (χ0v) is 16.8. The first-order chi connectivity index (χ1) is 10.3. The van der Waals surface area contributed by atoms with Gasteiger partial charge in [0, 0.05) is 19.6 Å². The lowest BCUT2D eigenvalue weighted by Crippen LogP contribution is -2.44. The summed E-state index contributed by atoms with van der Waals surface area (Å²) in [7, 11) is 0. The summed E-state index contributed by atoms with van der Waals surface area (Å²) in [4.78, 5) is 7.21. The van der Waals surface area contributed by atoms with E-state index in [1.807, 2.05) is 0 Å². The first-order valence-electron chi connectivity index (χ1n) is 8.07. The van der Waals surface area contributed by atoms with Gasteiger partial charge in [0.2, 0.25) is 0 Å². The van der Waals surface area contributed by atoms with Crippen LogP contribution in [-0.2, 0) is 6.54 Å². The van der Waals surface area contributed by atoms with Gasteiger partial charge < -0.3 is 15.5 Å². The Kier molecular flexibility index (Phi) is 10.1. The van der Waals surface area contributed by atoms with E-state index in [0.717, 1.165) is 31.5 Å². The maximum absolute atomic E-state index is 4.67. The minimum atomic E-state index is 0. The summed E-state index contributed by atoms with van der Waals surface area (Å²) >= 11 is 1.73. The lowest BCUT2D eigenvalue weighted by Gasteiger charge is -2.32. The van der Waals surface area contributed by atoms with Crippen molar-refractivity contribution in [3.8, 4) is 0 Å². The molecule has 1 atom stereocenters. The lowest BCUT2D eigenvalue weighted by atomic mass is 9.98. The fraction of sp³-hybridized carbons (Fsp3) is 0.688. The fourth-order valence-electron chi connectivity index (χ4n) is 2.74. The number of likely N-dealkylation sites (tertiary alicyclic amines) is 1. The number of halogens is 1. The molecule has 22 heavy (non-hydrogen) atoms. The number of nitrogens with zero attached hydrogens (tertiary/aromatic N) is 2. The molecule has 0 amide bonds. The Morgan fingerprint density at radius 2 is 2.27 bits per heavy atom. The van der Waals surface area contributed by atoms with Crippen LogP contribution in [0.2, 0.25) is 0 Å². The van der Waals surface area contributed by atoms with Crippen LogP contribution in [-0.4, -0.2) is 43.6 Å². The molecular formula is C16H29IN4S. The van der Waals surface area contributed by atoms with E-state index in [0.29, 0.717) is 0 Å². The third kappa shape index (κ3) is 6.83. The van der Waals surface area contributed by atoms with Gasteiger partial charge in [-0.05, 0) is 61.2 Å². The van der Waals surface area contributed by atoms with E-state index in [1.54, 1.807) is 11.3 Å². The van der Waals surface area contributed by atoms with Gasteiger partial charge in [0.1, 0.15) is 0 Å². The van der Waals surface area contributed by atoms with E-state index >= 15 is 0 Å². The van der Waals surface area contributed by atoms with Crippen LogP contribution in [0.25, 0.3) is 0 Å². The second kappa shape index (κ2) is 11.2. The van der Waals surface area contributed by atoms with Crippen molar-refractivity contribution in [1.82, 2.24) is 15.5 Å². The Morgan fingerprint density at radius 3 is 2.95 bits per heavy atom. The number of aliphatic imine (C=N–C) groups is 1. The van der Waals surface area contributed by atoms with Crippen LogP contribution in [0.15, 0.2) is 21.8 Å². The Morgan fingerprint density at radius 1 is 1.41 bits per heavy atom. The standard InChI is InChI=1S/C16H28N4S.HI/c1-3-17-16(19-11-15-7-9-21-13-15)18-10-14-6-5-8-20(4-2)12-14;/h7,9,13-14H,3-6,8,10-12H2,1-2H3,(H2,17,18,19);1H. The highest BCUT2D eigenvalue weighted by atomic mass is 127. The molecular weight excluding hydrogens is 407 g/mol. The Balaban J connectivity index is 0.00000242. The molecule has 4 nitrogen and oxygen atoms in total. The zero-order chi connectivity index (χ0) is 14.9. The second-order valence-electron chi connectivity index (χ2n) is 5.61. The van der Waals surface area contributed by atoms with E-state index in [4.69, 9.17) is 0 Å². The first-order valence-corrected chi connectivity index (χ1v) is 9.01. The van der Waals surface area contributed by atoms with E-state index < -0.39 is 0 Å². The number of nitrogens with one attached hydrogen (secondary N) is 2. The van der Waals surface area contributed by atoms with Crippen LogP contribution in [0, 0.1) is 5.92 Å². The minimum Gasteiger partial charge on any atom is -0.357 e. The van der Waals surface area contributed by atoms with E-state index in [-0.39, 0.29) is 24.0 Å². The van der Waals surface area contributed by atoms with E-state index in [2.05, 4.69) is 51.2 Å². The Bertz CT molecular complexity index is 422. The normalized spacial score (nSPS) is 19.5. The van der Waals surface area contributed by atoms with Crippen LogP contribution < -0.4 is 10.6 Å². The van der Waals surface area contributed by atoms with Crippen molar-refractivity contribution < 1.29 is 0 Å². The fourth-order valence-corrected chi connectivity index (χ4v) is 3.40. The molecule has 1 aromatic heterocycles. The number of hydrogen-bond donors (Lipinski definition) is 2. The molecule has 2 rings (SSSR count). The van der Waals surface area contributed by atoms with Gasteiger partial charge in [-0.25, -0.2) is 4.99 Å². The van der Waals surface area contributed by atoms with Crippen molar-refractivity contribution in [3.05, 3.63) is 22.4 Å². The second-order valence-corrected chi connectivity index (χ2v) is 6.39. The van der Waals surface area contributed by atoms with Gasteiger partial charge in [-0.3, -0.25) is 0 Å². The van der Waals surface area contributed by atoms with Gasteiger partial charge in [0.25, 0.3) is 0 Å². The summed E-state index contributed by atoms with van der Waals surface area (Å²) in [6.45, 7) is 10.7. The van der Waals surface area contributed by atoms with Crippen LogP contribution in [0.4, 0.5) is 0 Å². The number of guanidine groups is 1. The smallest absolute Gasteiger partial charge is 0.191 e. The SMILES string of the molecule is CCNC(=NCc1ccsc1)NCC1CCCN(CC)C1.I. The van der Waals surface area contributed by atoms with Gasteiger partial charge in [0.05, 0.1) is 6.54 Å². The predicted octanol–water partition coefficient (Wildman–Crippen LogP) is 3.15. The first kappa shape index (κ1) is 19.7. The molecule has 0 radical (unpaired) electrons. The number of hydrogen-bond acceptors (Lipinski definition) is 3. The number of thiophene rings is 1. The molecule has 1 aliphatic rings. The van der Waals surface area contributed by atoms with Crippen LogP contribution in [0.3, 0.4) is 0 Å². The van der Waals surface area contributed by atoms with Crippen molar-refractivity contribution in [1.29, 1.82) is 0 Å². The molecule has 1 aliphatic heterocycles. The molecule has 0 saturated carbocycles. The van der Waals surface area contributed by atoms with Crippen molar-refractivity contribution in [2.45, 2.75) is 33.2 Å². The summed E-state index contributed by atoms with van der Waals surface area (Å²) in [5.74, 6) is 1.68. The molecule has 0 bridgehead atoms. The highest BCUT2D eigenvalue weighted by Gasteiger charge is 2.18. The van der Waals surface area contributed by atoms with Gasteiger partial charge in [-0.2, -0.15) is 11.3 Å². The maximum atomic E-state index is 4.67. The van der Waals surface area contributed by atoms with Crippen molar-refractivity contribution in [3.63, 3.8) is 0 Å². The molecule has 126 valence electrons. The van der Waals surface area contributed by atoms with Gasteiger partial charge in [0.15, 0.2) is 5.96 Å². The lowest BCUT2D eigenvalue weighted by molar-refractivity contribution is 0.183. The summed E-state index contributed by atoms with van der Waals surface area (Å²) < 4.78 is 0. The largest absolute Gasteiger partial charge is 0.357 e. The molecule has 2 heterocycles. The monoisotopic (exact) mass is 436 g/mol. The third-order valence-electron chi connectivity index (χ3n) is 3.95. The predicted molar refractivity (Wildman–Crippen MR) is 107 cm³/mol. The highest BCUT2D eigenvalue weighted by Crippen LogP contribution is 2.15. The van der Waals surface area contributed by atoms with Gasteiger partial charge in [-0.15, -0.1) is 24.0 Å². The average Bonchev–Trinajstić information content (AvgIpc) is 3.03. The Hall–Kier alpha value is -0.340. The maximum Gasteiger partial charge on any atom is 0.191 e. The molecule has 0 spiro atoms. The molecule has 1 unspecified atom stereocenters. The molecule has 1 aromatic rings. The summed E-state index contributed by atoms with van der Waals surface area (Å²) in [6.07, 6.45) is 2.65. The van der Waals surface area contributed by atoms with E-state index in [1.165, 1.54) is 38.0 Å². The summed E-state index contributed by atoms with van der Waals surface area (Å²) in [5.41, 5.74) is 1.28. The minimum absolute atomic E-state index is 0. The van der Waals surface area contributed by atoms with Crippen molar-refractivity contribution >= 4 is 41.3 Å². The van der Waals surface area contributed by atoms with Crippen molar-refractivity contribution in [2.24, 2.45) is 10.9 Å². The average molecular weight is 436 g/mol. The molecule has 1 saturated heterocycles. The summed E-state index contributed by atoms with van der Waals surface area (Å²) in [5, 5.41) is 11.1. The van der Waals surface area contributed by atoms with Crippen LogP contribution >= 0.6 is 35.3 Å². The van der Waals surface area contributed by atoms with Crippen LogP contribution in [0.1, 0.15) is 32.3 Å². The number of piperidine rings is 1. The molecule has 2 N–H and O–H groups in total. The zero-order valence-electron chi connectivity index (χ0n) is 13.7. The Labute approximate surface area is 155 Å². The molecule has 0 aliphatic carbocycles. The third-order valence-corrected chi connectivity index (χ3v) is 4.68. The van der Waals surface area contributed by atoms with Gasteiger partial charge >= 0.3 is 0 Å². The van der Waals surface area contributed by atoms with Crippen molar-refractivity contribution in [2.75, 3.05) is 32.7 Å². The van der Waals surface area contributed by atoms with Crippen LogP contribution in [0.5, 0.6) is 0 Å². The quantitative estimate of drug-likeness (QED) is 0.409.